The van der Waals surface area contributed by atoms with Gasteiger partial charge >= 0.3 is 0 Å². The number of pyridine rings is 1. The topological polar surface area (TPSA) is 60.2 Å². The largest absolute Gasteiger partial charge is 0.489 e. The predicted octanol–water partition coefficient (Wildman–Crippen LogP) is 2.72. The molecule has 0 N–H and O–H groups in total. The van der Waals surface area contributed by atoms with Gasteiger partial charge < -0.3 is 9.64 Å². The number of ether oxygens (including phenoxy) is 1. The summed E-state index contributed by atoms with van der Waals surface area (Å²) < 4.78 is 7.54. The maximum absolute atomic E-state index is 12.6. The Morgan fingerprint density at radius 2 is 1.86 bits per heavy atom. The lowest BCUT2D eigenvalue weighted by Gasteiger charge is -2.22. The Hall–Kier alpha value is -2.99. The molecule has 0 bridgehead atoms. The highest BCUT2D eigenvalue weighted by molar-refractivity contribution is 5.70. The molecule has 4 rings (SSSR count). The Balaban J connectivity index is 1.74. The molecule has 1 aliphatic rings. The third-order valence-corrected chi connectivity index (χ3v) is 4.88. The van der Waals surface area contributed by atoms with E-state index >= 15 is 0 Å². The third-order valence-electron chi connectivity index (χ3n) is 4.88. The minimum absolute atomic E-state index is 0.0786. The lowest BCUT2D eigenvalue weighted by Crippen LogP contribution is -2.28. The average Bonchev–Trinajstić information content (AvgIpc) is 2.67. The Kier molecular flexibility index (Phi) is 4.96. The second-order valence-electron chi connectivity index (χ2n) is 7.48. The van der Waals surface area contributed by atoms with Crippen LogP contribution in [0.2, 0.25) is 0 Å². The van der Waals surface area contributed by atoms with E-state index in [1.807, 2.05) is 26.2 Å². The summed E-state index contributed by atoms with van der Waals surface area (Å²) in [7, 11) is 4.07. The van der Waals surface area contributed by atoms with Crippen LogP contribution in [0.5, 0.6) is 5.75 Å². The normalized spacial score (nSPS) is 13.7. The fourth-order valence-electron chi connectivity index (χ4n) is 3.70. The first kappa shape index (κ1) is 18.4. The molecule has 1 atom stereocenters. The number of hydrogen-bond acceptors (Lipinski definition) is 5. The number of aryl methyl sites for hydroxylation is 2. The molecule has 6 nitrogen and oxygen atoms in total. The number of hydrogen-bond donors (Lipinski definition) is 0. The van der Waals surface area contributed by atoms with Crippen LogP contribution in [0.25, 0.3) is 16.9 Å². The quantitative estimate of drug-likeness (QED) is 0.685. The van der Waals surface area contributed by atoms with Gasteiger partial charge in [-0.2, -0.15) is 9.78 Å². The summed E-state index contributed by atoms with van der Waals surface area (Å²) in [5.41, 5.74) is 4.69. The lowest BCUT2D eigenvalue weighted by atomic mass is 9.89. The van der Waals surface area contributed by atoms with Crippen molar-refractivity contribution in [2.45, 2.75) is 25.9 Å². The molecular formula is C22H24N4O2. The average molecular weight is 376 g/mol. The van der Waals surface area contributed by atoms with E-state index in [4.69, 9.17) is 9.84 Å². The molecule has 0 fully saturated rings. The Morgan fingerprint density at radius 3 is 2.61 bits per heavy atom. The maximum Gasteiger partial charge on any atom is 0.271 e. The van der Waals surface area contributed by atoms with Crippen molar-refractivity contribution < 1.29 is 4.74 Å². The molecule has 2 heterocycles. The van der Waals surface area contributed by atoms with Crippen molar-refractivity contribution in [2.24, 2.45) is 0 Å². The predicted molar refractivity (Wildman–Crippen MR) is 109 cm³/mol. The van der Waals surface area contributed by atoms with E-state index in [2.05, 4.69) is 22.9 Å². The molecular weight excluding hydrogens is 352 g/mol. The Labute approximate surface area is 164 Å². The van der Waals surface area contributed by atoms with Gasteiger partial charge in [-0.3, -0.25) is 9.78 Å². The Bertz CT molecular complexity index is 1040. The molecule has 28 heavy (non-hydrogen) atoms. The third kappa shape index (κ3) is 3.68. The molecule has 0 aliphatic heterocycles. The summed E-state index contributed by atoms with van der Waals surface area (Å²) in [6.07, 6.45) is 5.12. The first-order valence-electron chi connectivity index (χ1n) is 9.49. The van der Waals surface area contributed by atoms with Crippen LogP contribution in [-0.2, 0) is 12.8 Å². The zero-order valence-electron chi connectivity index (χ0n) is 16.4. The standard InChI is InChI=1S/C22H24N4O2/c1-15(14-25(2)3)28-19-7-6-16-4-5-17-12-21(27)26(18-8-10-23-11-9-18)24-22(17)20(16)13-19/h6-13,15H,4-5,14H2,1-3H3. The van der Waals surface area contributed by atoms with Gasteiger partial charge in [0.15, 0.2) is 0 Å². The van der Waals surface area contributed by atoms with Gasteiger partial charge in [0.25, 0.3) is 5.56 Å². The van der Waals surface area contributed by atoms with Crippen LogP contribution in [0.3, 0.4) is 0 Å². The Morgan fingerprint density at radius 1 is 1.11 bits per heavy atom. The van der Waals surface area contributed by atoms with Gasteiger partial charge in [0.2, 0.25) is 0 Å². The number of likely N-dealkylation sites (N-methyl/N-ethyl adjacent to an activating group) is 1. The number of nitrogens with zero attached hydrogens (tertiary/aromatic N) is 4. The fourth-order valence-corrected chi connectivity index (χ4v) is 3.70. The summed E-state index contributed by atoms with van der Waals surface area (Å²) in [4.78, 5) is 18.7. The first-order valence-corrected chi connectivity index (χ1v) is 9.49. The summed E-state index contributed by atoms with van der Waals surface area (Å²) in [6, 6.07) is 11.5. The summed E-state index contributed by atoms with van der Waals surface area (Å²) in [5, 5.41) is 4.71. The van der Waals surface area contributed by atoms with Gasteiger partial charge in [-0.25, -0.2) is 0 Å². The van der Waals surface area contributed by atoms with Crippen molar-refractivity contribution in [3.8, 4) is 22.7 Å². The summed E-state index contributed by atoms with van der Waals surface area (Å²) >= 11 is 0. The molecule has 1 aromatic carbocycles. The molecule has 0 radical (unpaired) electrons. The van der Waals surface area contributed by atoms with Crippen LogP contribution in [0, 0.1) is 0 Å². The van der Waals surface area contributed by atoms with Crippen molar-refractivity contribution in [2.75, 3.05) is 20.6 Å². The monoisotopic (exact) mass is 376 g/mol. The molecule has 0 amide bonds. The fraction of sp³-hybridized carbons (Fsp3) is 0.318. The van der Waals surface area contributed by atoms with E-state index in [1.165, 1.54) is 10.2 Å². The zero-order chi connectivity index (χ0) is 19.7. The minimum Gasteiger partial charge on any atom is -0.489 e. The summed E-state index contributed by atoms with van der Waals surface area (Å²) in [5.74, 6) is 0.824. The SMILES string of the molecule is CC(CN(C)C)Oc1ccc2c(c1)-c1nn(-c3ccncc3)c(=O)cc1CC2. The molecule has 0 spiro atoms. The molecule has 0 saturated carbocycles. The van der Waals surface area contributed by atoms with Crippen LogP contribution < -0.4 is 10.3 Å². The van der Waals surface area contributed by atoms with Crippen LogP contribution >= 0.6 is 0 Å². The van der Waals surface area contributed by atoms with Crippen molar-refractivity contribution in [3.05, 3.63) is 70.3 Å². The van der Waals surface area contributed by atoms with E-state index in [9.17, 15) is 4.79 Å². The van der Waals surface area contributed by atoms with E-state index < -0.39 is 0 Å². The lowest BCUT2D eigenvalue weighted by molar-refractivity contribution is 0.177. The first-order chi connectivity index (χ1) is 13.5. The van der Waals surface area contributed by atoms with E-state index in [1.54, 1.807) is 30.6 Å². The molecule has 0 saturated heterocycles. The van der Waals surface area contributed by atoms with Crippen LogP contribution in [-0.4, -0.2) is 46.4 Å². The molecule has 6 heteroatoms. The van der Waals surface area contributed by atoms with E-state index in [0.29, 0.717) is 5.69 Å². The number of rotatable bonds is 5. The maximum atomic E-state index is 12.6. The van der Waals surface area contributed by atoms with Crippen molar-refractivity contribution in [1.29, 1.82) is 0 Å². The molecule has 1 unspecified atom stereocenters. The van der Waals surface area contributed by atoms with Crippen LogP contribution in [0.15, 0.2) is 53.6 Å². The van der Waals surface area contributed by atoms with E-state index in [0.717, 1.165) is 42.0 Å². The van der Waals surface area contributed by atoms with Gasteiger partial charge in [-0.05, 0) is 69.3 Å². The van der Waals surface area contributed by atoms with Crippen molar-refractivity contribution in [3.63, 3.8) is 0 Å². The number of fused-ring (bicyclic) bond motifs is 3. The number of aromatic nitrogens is 3. The van der Waals surface area contributed by atoms with Gasteiger partial charge in [-0.1, -0.05) is 6.07 Å². The number of benzene rings is 1. The molecule has 1 aliphatic carbocycles. The summed E-state index contributed by atoms with van der Waals surface area (Å²) in [6.45, 7) is 2.90. The minimum atomic E-state index is -0.125. The highest BCUT2D eigenvalue weighted by Crippen LogP contribution is 2.34. The van der Waals surface area contributed by atoms with Gasteiger partial charge in [0.1, 0.15) is 11.9 Å². The van der Waals surface area contributed by atoms with Gasteiger partial charge in [0, 0.05) is 30.6 Å². The van der Waals surface area contributed by atoms with Gasteiger partial charge in [-0.15, -0.1) is 0 Å². The van der Waals surface area contributed by atoms with Crippen molar-refractivity contribution >= 4 is 0 Å². The molecule has 2 aromatic heterocycles. The second kappa shape index (κ2) is 7.56. The zero-order valence-corrected chi connectivity index (χ0v) is 16.4. The van der Waals surface area contributed by atoms with Gasteiger partial charge in [0.05, 0.1) is 11.4 Å². The van der Waals surface area contributed by atoms with Crippen molar-refractivity contribution in [1.82, 2.24) is 19.7 Å². The molecule has 3 aromatic rings. The van der Waals surface area contributed by atoms with Crippen LogP contribution in [0.4, 0.5) is 0 Å². The highest BCUT2D eigenvalue weighted by Gasteiger charge is 2.21. The van der Waals surface area contributed by atoms with E-state index in [-0.39, 0.29) is 11.7 Å². The highest BCUT2D eigenvalue weighted by atomic mass is 16.5. The second-order valence-corrected chi connectivity index (χ2v) is 7.48. The smallest absolute Gasteiger partial charge is 0.271 e. The molecule has 144 valence electrons. The van der Waals surface area contributed by atoms with Crippen LogP contribution in [0.1, 0.15) is 18.1 Å².